The number of carboxylic acid groups (broad SMARTS) is 1. The van der Waals surface area contributed by atoms with Crippen molar-refractivity contribution in [2.24, 2.45) is 0 Å². The predicted octanol–water partition coefficient (Wildman–Crippen LogP) is 5.51. The van der Waals surface area contributed by atoms with E-state index in [1.807, 2.05) is 13.8 Å². The summed E-state index contributed by atoms with van der Waals surface area (Å²) in [5.74, 6) is 0.266. The van der Waals surface area contributed by atoms with Crippen LogP contribution in [-0.4, -0.2) is 18.2 Å². The molecule has 0 spiro atoms. The van der Waals surface area contributed by atoms with Crippen molar-refractivity contribution in [1.82, 2.24) is 0 Å². The van der Waals surface area contributed by atoms with Gasteiger partial charge in [-0.3, -0.25) is 0 Å². The zero-order chi connectivity index (χ0) is 18.9. The fourth-order valence-electron chi connectivity index (χ4n) is 2.50. The molecule has 0 aromatic heterocycles. The lowest BCUT2D eigenvalue weighted by Gasteiger charge is -2.18. The number of anilines is 1. The largest absolute Gasteiger partial charge is 0.494 e. The van der Waals surface area contributed by atoms with Gasteiger partial charge in [-0.1, -0.05) is 37.0 Å². The van der Waals surface area contributed by atoms with Crippen LogP contribution in [0.15, 0.2) is 18.2 Å². The average molecular weight is 384 g/mol. The number of aromatic carboxylic acids is 1. The molecule has 0 atom stereocenters. The Morgan fingerprint density at radius 1 is 1.20 bits per heavy atom. The smallest absolute Gasteiger partial charge is 0.336 e. The molecule has 2 aromatic carbocycles. The highest BCUT2D eigenvalue weighted by Gasteiger charge is 2.20. The number of ether oxygens (including phenoxy) is 2. The molecule has 0 unspecified atom stereocenters. The third-order valence-corrected chi connectivity index (χ3v) is 4.55. The van der Waals surface area contributed by atoms with Crippen molar-refractivity contribution in [1.29, 1.82) is 0 Å². The molecule has 0 saturated heterocycles. The van der Waals surface area contributed by atoms with E-state index in [0.29, 0.717) is 22.7 Å². The van der Waals surface area contributed by atoms with Crippen molar-refractivity contribution in [2.75, 3.05) is 12.8 Å². The second kappa shape index (κ2) is 7.42. The molecule has 0 amide bonds. The zero-order valence-electron chi connectivity index (χ0n) is 14.3. The number of methoxy groups -OCH3 is 1. The van der Waals surface area contributed by atoms with Crippen molar-refractivity contribution in [3.05, 3.63) is 44.9 Å². The van der Waals surface area contributed by atoms with Gasteiger partial charge in [0.2, 0.25) is 0 Å². The van der Waals surface area contributed by atoms with E-state index in [0.717, 1.165) is 5.56 Å². The Morgan fingerprint density at radius 3 is 2.36 bits per heavy atom. The minimum atomic E-state index is -1.11. The van der Waals surface area contributed by atoms with Crippen molar-refractivity contribution in [3.63, 3.8) is 0 Å². The third-order valence-electron chi connectivity index (χ3n) is 3.82. The molecule has 2 aromatic rings. The van der Waals surface area contributed by atoms with Crippen LogP contribution >= 0.6 is 23.2 Å². The molecular weight excluding hydrogens is 365 g/mol. The van der Waals surface area contributed by atoms with Gasteiger partial charge in [0.15, 0.2) is 5.75 Å². The maximum Gasteiger partial charge on any atom is 0.336 e. The Balaban J connectivity index is 2.54. The van der Waals surface area contributed by atoms with Crippen LogP contribution < -0.4 is 15.2 Å². The van der Waals surface area contributed by atoms with Gasteiger partial charge in [0, 0.05) is 11.6 Å². The molecule has 0 aliphatic heterocycles. The van der Waals surface area contributed by atoms with Gasteiger partial charge >= 0.3 is 5.97 Å². The SMILES string of the molecule is COc1c(N)cc(Oc2c(Cl)cc(C(=O)O)c(C)c2Cl)cc1C(C)C. The van der Waals surface area contributed by atoms with Gasteiger partial charge in [-0.05, 0) is 30.5 Å². The van der Waals surface area contributed by atoms with Crippen LogP contribution in [0, 0.1) is 6.92 Å². The lowest BCUT2D eigenvalue weighted by atomic mass is 10.0. The summed E-state index contributed by atoms with van der Waals surface area (Å²) in [6.07, 6.45) is 0. The molecule has 2 rings (SSSR count). The van der Waals surface area contributed by atoms with E-state index in [-0.39, 0.29) is 27.3 Å². The Morgan fingerprint density at radius 2 is 1.84 bits per heavy atom. The van der Waals surface area contributed by atoms with Crippen molar-refractivity contribution in [2.45, 2.75) is 26.7 Å². The molecule has 0 aliphatic rings. The van der Waals surface area contributed by atoms with E-state index >= 15 is 0 Å². The Kier molecular flexibility index (Phi) is 5.70. The van der Waals surface area contributed by atoms with Crippen LogP contribution in [0.3, 0.4) is 0 Å². The highest BCUT2D eigenvalue weighted by atomic mass is 35.5. The first kappa shape index (κ1) is 19.2. The van der Waals surface area contributed by atoms with E-state index in [9.17, 15) is 9.90 Å². The van der Waals surface area contributed by atoms with Gasteiger partial charge in [-0.2, -0.15) is 0 Å². The molecule has 0 saturated carbocycles. The van der Waals surface area contributed by atoms with Gasteiger partial charge in [-0.25, -0.2) is 4.79 Å². The second-order valence-electron chi connectivity index (χ2n) is 5.87. The molecule has 134 valence electrons. The van der Waals surface area contributed by atoms with E-state index in [1.54, 1.807) is 26.2 Å². The third kappa shape index (κ3) is 3.78. The summed E-state index contributed by atoms with van der Waals surface area (Å²) in [5.41, 5.74) is 7.75. The summed E-state index contributed by atoms with van der Waals surface area (Å²) in [6, 6.07) is 4.72. The van der Waals surface area contributed by atoms with Gasteiger partial charge in [0.1, 0.15) is 11.5 Å². The fourth-order valence-corrected chi connectivity index (χ4v) is 3.03. The number of carboxylic acids is 1. The quantitative estimate of drug-likeness (QED) is 0.665. The first-order valence-electron chi connectivity index (χ1n) is 7.54. The van der Waals surface area contributed by atoms with Gasteiger partial charge < -0.3 is 20.3 Å². The lowest BCUT2D eigenvalue weighted by Crippen LogP contribution is -2.03. The molecule has 0 radical (unpaired) electrons. The minimum Gasteiger partial charge on any atom is -0.494 e. The number of nitrogens with two attached hydrogens (primary N) is 1. The molecule has 0 heterocycles. The molecule has 0 fully saturated rings. The zero-order valence-corrected chi connectivity index (χ0v) is 15.8. The molecular formula is C18H19Cl2NO4. The number of halogens is 2. The van der Waals surface area contributed by atoms with Crippen LogP contribution in [0.5, 0.6) is 17.2 Å². The van der Waals surface area contributed by atoms with Crippen LogP contribution in [0.4, 0.5) is 5.69 Å². The van der Waals surface area contributed by atoms with Crippen LogP contribution in [0.25, 0.3) is 0 Å². The van der Waals surface area contributed by atoms with Gasteiger partial charge in [0.05, 0.1) is 28.4 Å². The number of hydrogen-bond acceptors (Lipinski definition) is 4. The van der Waals surface area contributed by atoms with E-state index in [2.05, 4.69) is 0 Å². The van der Waals surface area contributed by atoms with Crippen LogP contribution in [-0.2, 0) is 0 Å². The van der Waals surface area contributed by atoms with E-state index < -0.39 is 5.97 Å². The summed E-state index contributed by atoms with van der Waals surface area (Å²) in [5, 5.41) is 9.45. The summed E-state index contributed by atoms with van der Waals surface area (Å²) in [4.78, 5) is 11.2. The number of rotatable bonds is 5. The highest BCUT2D eigenvalue weighted by Crippen LogP contribution is 2.43. The fraction of sp³-hybridized carbons (Fsp3) is 0.278. The maximum absolute atomic E-state index is 11.2. The molecule has 0 aliphatic carbocycles. The Hall–Kier alpha value is -2.11. The number of carbonyl (C=O) groups is 1. The molecule has 25 heavy (non-hydrogen) atoms. The maximum atomic E-state index is 11.2. The molecule has 5 nitrogen and oxygen atoms in total. The van der Waals surface area contributed by atoms with E-state index in [4.69, 9.17) is 38.4 Å². The topological polar surface area (TPSA) is 81.8 Å². The van der Waals surface area contributed by atoms with Crippen LogP contribution in [0.1, 0.15) is 41.3 Å². The summed E-state index contributed by atoms with van der Waals surface area (Å²) in [7, 11) is 1.56. The Labute approximate surface area is 156 Å². The highest BCUT2D eigenvalue weighted by molar-refractivity contribution is 6.38. The molecule has 3 N–H and O–H groups in total. The number of nitrogen functional groups attached to an aromatic ring is 1. The van der Waals surface area contributed by atoms with Crippen molar-refractivity contribution in [3.8, 4) is 17.2 Å². The first-order valence-corrected chi connectivity index (χ1v) is 8.30. The summed E-state index contributed by atoms with van der Waals surface area (Å²) >= 11 is 12.4. The monoisotopic (exact) mass is 383 g/mol. The first-order chi connectivity index (χ1) is 11.7. The van der Waals surface area contributed by atoms with Crippen molar-refractivity contribution < 1.29 is 19.4 Å². The number of hydrogen-bond donors (Lipinski definition) is 2. The van der Waals surface area contributed by atoms with E-state index in [1.165, 1.54) is 6.07 Å². The van der Waals surface area contributed by atoms with Gasteiger partial charge in [0.25, 0.3) is 0 Å². The van der Waals surface area contributed by atoms with Gasteiger partial charge in [-0.15, -0.1) is 0 Å². The lowest BCUT2D eigenvalue weighted by molar-refractivity contribution is 0.0696. The standard InChI is InChI=1S/C18H19Cl2NO4/c1-8(2)11-5-10(6-14(21)16(11)24-4)25-17-13(19)7-12(18(22)23)9(3)15(17)20/h5-8H,21H2,1-4H3,(H,22,23). The normalized spacial score (nSPS) is 10.8. The number of benzene rings is 2. The average Bonchev–Trinajstić information content (AvgIpc) is 2.54. The molecule has 0 bridgehead atoms. The van der Waals surface area contributed by atoms with Crippen molar-refractivity contribution >= 4 is 34.9 Å². The summed E-state index contributed by atoms with van der Waals surface area (Å²) < 4.78 is 11.2. The summed E-state index contributed by atoms with van der Waals surface area (Å²) in [6.45, 7) is 5.61. The second-order valence-corrected chi connectivity index (χ2v) is 6.66. The molecule has 7 heteroatoms. The Bertz CT molecular complexity index is 835. The van der Waals surface area contributed by atoms with Crippen LogP contribution in [0.2, 0.25) is 10.0 Å². The minimum absolute atomic E-state index is 0.0273. The predicted molar refractivity (Wildman–Crippen MR) is 99.7 cm³/mol.